The highest BCUT2D eigenvalue weighted by atomic mass is 35.5. The fourth-order valence-electron chi connectivity index (χ4n) is 2.46. The third-order valence-electron chi connectivity index (χ3n) is 3.62. The van der Waals surface area contributed by atoms with Gasteiger partial charge in [0.25, 0.3) is 5.56 Å². The van der Waals surface area contributed by atoms with E-state index in [-0.39, 0.29) is 11.3 Å². The molecule has 0 aliphatic heterocycles. The van der Waals surface area contributed by atoms with Gasteiger partial charge in [0.2, 0.25) is 5.09 Å². The van der Waals surface area contributed by atoms with E-state index in [2.05, 4.69) is 15.1 Å². The van der Waals surface area contributed by atoms with Crippen molar-refractivity contribution < 1.29 is 17.4 Å². The van der Waals surface area contributed by atoms with Crippen LogP contribution in [0.1, 0.15) is 5.76 Å². The number of furan rings is 1. The van der Waals surface area contributed by atoms with Crippen LogP contribution in [0.2, 0.25) is 5.02 Å². The van der Waals surface area contributed by atoms with E-state index in [0.29, 0.717) is 21.4 Å². The van der Waals surface area contributed by atoms with Gasteiger partial charge in [-0.25, -0.2) is 4.98 Å². The Morgan fingerprint density at radius 2 is 2.12 bits per heavy atom. The Balaban J connectivity index is 1.78. The molecule has 9 nitrogen and oxygen atoms in total. The first-order chi connectivity index (χ1) is 12.3. The molecule has 11 heteroatoms. The van der Waals surface area contributed by atoms with Gasteiger partial charge in [0, 0.05) is 15.9 Å². The van der Waals surface area contributed by atoms with E-state index in [0.717, 1.165) is 17.0 Å². The van der Waals surface area contributed by atoms with Crippen LogP contribution in [0.25, 0.3) is 21.9 Å². The van der Waals surface area contributed by atoms with E-state index in [4.69, 9.17) is 20.6 Å². The molecule has 4 rings (SSSR count). The largest absolute Gasteiger partial charge is 0.441 e. The van der Waals surface area contributed by atoms with Crippen molar-refractivity contribution in [3.63, 3.8) is 0 Å². The molecule has 2 N–H and O–H groups in total. The average molecular weight is 393 g/mol. The number of hydrogen-bond donors (Lipinski definition) is 2. The molecule has 3 heterocycles. The van der Waals surface area contributed by atoms with E-state index in [9.17, 15) is 13.2 Å². The van der Waals surface area contributed by atoms with Gasteiger partial charge in [0.1, 0.15) is 23.1 Å². The van der Waals surface area contributed by atoms with Crippen LogP contribution in [0.15, 0.2) is 56.1 Å². The van der Waals surface area contributed by atoms with Crippen LogP contribution in [0.5, 0.6) is 0 Å². The molecule has 0 spiro atoms. The topological polar surface area (TPSA) is 131 Å². The van der Waals surface area contributed by atoms with E-state index >= 15 is 0 Å². The highest BCUT2D eigenvalue weighted by Gasteiger charge is 2.14. The van der Waals surface area contributed by atoms with E-state index in [1.807, 2.05) is 0 Å². The summed E-state index contributed by atoms with van der Waals surface area (Å²) >= 11 is 5.98. The van der Waals surface area contributed by atoms with Crippen molar-refractivity contribution in [3.8, 4) is 0 Å². The van der Waals surface area contributed by atoms with Crippen LogP contribution in [0, 0.1) is 0 Å². The summed E-state index contributed by atoms with van der Waals surface area (Å²) in [5.41, 5.74) is 0.963. The van der Waals surface area contributed by atoms with Crippen LogP contribution in [-0.2, 0) is 10.1 Å². The van der Waals surface area contributed by atoms with E-state index < -0.39 is 20.8 Å². The van der Waals surface area contributed by atoms with Crippen LogP contribution in [-0.4, -0.2) is 33.8 Å². The van der Waals surface area contributed by atoms with E-state index in [1.54, 1.807) is 18.2 Å². The molecule has 26 heavy (non-hydrogen) atoms. The number of H-pyrrole nitrogens is 1. The molecule has 0 saturated carbocycles. The first-order valence-corrected chi connectivity index (χ1v) is 8.95. The van der Waals surface area contributed by atoms with Crippen molar-refractivity contribution in [1.82, 2.24) is 14.6 Å². The maximum atomic E-state index is 12.5. The van der Waals surface area contributed by atoms with Crippen molar-refractivity contribution in [1.29, 1.82) is 0 Å². The Morgan fingerprint density at radius 1 is 1.31 bits per heavy atom. The zero-order valence-corrected chi connectivity index (χ0v) is 14.3. The summed E-state index contributed by atoms with van der Waals surface area (Å²) in [7, 11) is -4.45. The summed E-state index contributed by atoms with van der Waals surface area (Å²) < 4.78 is 36.7. The normalized spacial score (nSPS) is 12.5. The molecule has 0 saturated heterocycles. The monoisotopic (exact) mass is 392 g/mol. The fourth-order valence-corrected chi connectivity index (χ4v) is 3.08. The second-order valence-electron chi connectivity index (χ2n) is 5.31. The number of rotatable bonds is 3. The molecule has 0 aliphatic carbocycles. The summed E-state index contributed by atoms with van der Waals surface area (Å²) in [6.45, 7) is 0. The Kier molecular flexibility index (Phi) is 3.68. The van der Waals surface area contributed by atoms with Crippen LogP contribution < -0.4 is 5.56 Å². The minimum absolute atomic E-state index is 0.0352. The standard InChI is InChI=1S/C15H9ClN4O5S/c16-8-1-3-11-10(5-8)13-14(19-11)15(21)20(7-17-13)18-6-9-2-4-12(25-9)26(22,23)24/h1-7,19H,(H,22,23,24). The molecule has 1 aromatic carbocycles. The number of benzene rings is 1. The van der Waals surface area contributed by atoms with Crippen molar-refractivity contribution in [2.45, 2.75) is 5.09 Å². The zero-order valence-electron chi connectivity index (χ0n) is 12.7. The molecule has 0 radical (unpaired) electrons. The molecule has 0 aliphatic rings. The van der Waals surface area contributed by atoms with E-state index in [1.165, 1.54) is 12.4 Å². The van der Waals surface area contributed by atoms with Gasteiger partial charge in [-0.15, -0.1) is 0 Å². The Labute approximate surface area is 150 Å². The molecular formula is C15H9ClN4O5S. The highest BCUT2D eigenvalue weighted by molar-refractivity contribution is 7.85. The lowest BCUT2D eigenvalue weighted by Crippen LogP contribution is -2.17. The number of aromatic nitrogens is 3. The average Bonchev–Trinajstić information content (AvgIpc) is 3.19. The van der Waals surface area contributed by atoms with Crippen LogP contribution >= 0.6 is 11.6 Å². The minimum Gasteiger partial charge on any atom is -0.441 e. The number of aromatic amines is 1. The molecule has 0 atom stereocenters. The summed E-state index contributed by atoms with van der Waals surface area (Å²) in [5.74, 6) is 0.0352. The van der Waals surface area contributed by atoms with Gasteiger partial charge in [0.05, 0.1) is 6.21 Å². The molecule has 132 valence electrons. The number of halogens is 1. The molecule has 0 fully saturated rings. The van der Waals surface area contributed by atoms with Gasteiger partial charge in [-0.2, -0.15) is 18.2 Å². The quantitative estimate of drug-likeness (QED) is 0.406. The number of nitrogens with zero attached hydrogens (tertiary/aromatic N) is 3. The lowest BCUT2D eigenvalue weighted by Gasteiger charge is -1.97. The lowest BCUT2D eigenvalue weighted by atomic mass is 10.2. The van der Waals surface area contributed by atoms with Gasteiger partial charge < -0.3 is 9.40 Å². The molecule has 0 unspecified atom stereocenters. The third kappa shape index (κ3) is 2.79. The molecule has 3 aromatic heterocycles. The second-order valence-corrected chi connectivity index (χ2v) is 7.10. The lowest BCUT2D eigenvalue weighted by molar-refractivity contribution is 0.404. The molecule has 0 bridgehead atoms. The number of hydrogen-bond acceptors (Lipinski definition) is 6. The van der Waals surface area contributed by atoms with Crippen molar-refractivity contribution in [3.05, 3.63) is 57.8 Å². The maximum Gasteiger partial charge on any atom is 0.328 e. The minimum atomic E-state index is -4.45. The van der Waals surface area contributed by atoms with Crippen molar-refractivity contribution in [2.24, 2.45) is 5.10 Å². The summed E-state index contributed by atoms with van der Waals surface area (Å²) in [6, 6.07) is 7.50. The predicted octanol–water partition coefficient (Wildman–Crippen LogP) is 2.25. The Morgan fingerprint density at radius 3 is 2.85 bits per heavy atom. The van der Waals surface area contributed by atoms with Crippen LogP contribution in [0.3, 0.4) is 0 Å². The summed E-state index contributed by atoms with van der Waals surface area (Å²) in [6.07, 6.45) is 2.35. The number of nitrogens with one attached hydrogen (secondary N) is 1. The zero-order chi connectivity index (χ0) is 18.5. The molecule has 4 aromatic rings. The van der Waals surface area contributed by atoms with Gasteiger partial charge >= 0.3 is 10.1 Å². The summed E-state index contributed by atoms with van der Waals surface area (Å²) in [5, 5.41) is 4.53. The smallest absolute Gasteiger partial charge is 0.328 e. The van der Waals surface area contributed by atoms with Gasteiger partial charge in [0.15, 0.2) is 0 Å². The maximum absolute atomic E-state index is 12.5. The molecule has 0 amide bonds. The summed E-state index contributed by atoms with van der Waals surface area (Å²) in [4.78, 5) is 19.7. The first kappa shape index (κ1) is 16.5. The second kappa shape index (κ2) is 5.80. The van der Waals surface area contributed by atoms with Gasteiger partial charge in [-0.3, -0.25) is 9.35 Å². The Hall–Kier alpha value is -2.95. The van der Waals surface area contributed by atoms with Crippen LogP contribution in [0.4, 0.5) is 0 Å². The third-order valence-corrected chi connectivity index (χ3v) is 4.58. The SMILES string of the molecule is O=c1c2[nH]c3ccc(Cl)cc3c2ncn1N=Cc1ccc(S(=O)(=O)O)o1. The van der Waals surface area contributed by atoms with Crippen molar-refractivity contribution >= 4 is 49.9 Å². The predicted molar refractivity (Wildman–Crippen MR) is 94.4 cm³/mol. The fraction of sp³-hybridized carbons (Fsp3) is 0. The number of fused-ring (bicyclic) bond motifs is 3. The molecular weight excluding hydrogens is 384 g/mol. The van der Waals surface area contributed by atoms with Gasteiger partial charge in [-0.05, 0) is 30.3 Å². The Bertz CT molecular complexity index is 1350. The van der Waals surface area contributed by atoms with Gasteiger partial charge in [-0.1, -0.05) is 11.6 Å². The van der Waals surface area contributed by atoms with Crippen molar-refractivity contribution in [2.75, 3.05) is 0 Å². The highest BCUT2D eigenvalue weighted by Crippen LogP contribution is 2.24. The first-order valence-electron chi connectivity index (χ1n) is 7.13.